The van der Waals surface area contributed by atoms with Crippen molar-refractivity contribution in [2.24, 2.45) is 0 Å². The van der Waals surface area contributed by atoms with Gasteiger partial charge in [0.25, 0.3) is 5.91 Å². The average Bonchev–Trinajstić information content (AvgIpc) is 3.01. The summed E-state index contributed by atoms with van der Waals surface area (Å²) >= 11 is 6.10. The SMILES string of the molecule is Cc1ccc(F)c(C(=O)N2CC[C@@H](c3ccccc3F)C2)c1Cl. The predicted molar refractivity (Wildman–Crippen MR) is 85.8 cm³/mol. The third-order valence-electron chi connectivity index (χ3n) is 4.32. The van der Waals surface area contributed by atoms with Gasteiger partial charge in [-0.1, -0.05) is 35.9 Å². The standard InChI is InChI=1S/C18H16ClF2NO/c1-11-6-7-15(21)16(17(11)19)18(23)22-9-8-12(10-22)13-4-2-3-5-14(13)20/h2-7,12H,8-10H2,1H3/t12-/m1/s1. The van der Waals surface area contributed by atoms with Crippen LogP contribution in [0.25, 0.3) is 0 Å². The summed E-state index contributed by atoms with van der Waals surface area (Å²) in [5.74, 6) is -1.41. The lowest BCUT2D eigenvalue weighted by Crippen LogP contribution is -2.29. The van der Waals surface area contributed by atoms with Gasteiger partial charge in [-0.2, -0.15) is 0 Å². The molecule has 0 aliphatic carbocycles. The van der Waals surface area contributed by atoms with Gasteiger partial charge in [0.2, 0.25) is 0 Å². The fraction of sp³-hybridized carbons (Fsp3) is 0.278. The number of amides is 1. The first-order valence-corrected chi connectivity index (χ1v) is 7.85. The number of rotatable bonds is 2. The summed E-state index contributed by atoms with van der Waals surface area (Å²) in [6, 6.07) is 9.35. The highest BCUT2D eigenvalue weighted by Gasteiger charge is 2.31. The number of aryl methyl sites for hydroxylation is 1. The van der Waals surface area contributed by atoms with Crippen molar-refractivity contribution in [1.29, 1.82) is 0 Å². The Hall–Kier alpha value is -1.94. The molecule has 1 fully saturated rings. The van der Waals surface area contributed by atoms with Crippen LogP contribution in [-0.4, -0.2) is 23.9 Å². The van der Waals surface area contributed by atoms with E-state index >= 15 is 0 Å². The predicted octanol–water partition coefficient (Wildman–Crippen LogP) is 4.56. The zero-order valence-electron chi connectivity index (χ0n) is 12.7. The Balaban J connectivity index is 1.84. The molecule has 1 saturated heterocycles. The second-order valence-corrected chi connectivity index (χ2v) is 6.19. The normalized spacial score (nSPS) is 17.6. The molecule has 2 nitrogen and oxygen atoms in total. The number of nitrogens with zero attached hydrogens (tertiary/aromatic N) is 1. The zero-order chi connectivity index (χ0) is 16.6. The van der Waals surface area contributed by atoms with E-state index in [9.17, 15) is 13.6 Å². The van der Waals surface area contributed by atoms with Gasteiger partial charge in [-0.15, -0.1) is 0 Å². The summed E-state index contributed by atoms with van der Waals surface area (Å²) in [6.45, 7) is 2.55. The van der Waals surface area contributed by atoms with Gasteiger partial charge >= 0.3 is 0 Å². The summed E-state index contributed by atoms with van der Waals surface area (Å²) in [6.07, 6.45) is 0.651. The Kier molecular flexibility index (Phi) is 4.35. The van der Waals surface area contributed by atoms with E-state index < -0.39 is 11.7 Å². The van der Waals surface area contributed by atoms with Crippen molar-refractivity contribution in [1.82, 2.24) is 4.90 Å². The molecule has 1 amide bonds. The van der Waals surface area contributed by atoms with Crippen LogP contribution in [0.2, 0.25) is 5.02 Å². The lowest BCUT2D eigenvalue weighted by molar-refractivity contribution is 0.0786. The number of carbonyl (C=O) groups is 1. The van der Waals surface area contributed by atoms with E-state index in [2.05, 4.69) is 0 Å². The van der Waals surface area contributed by atoms with Crippen LogP contribution in [-0.2, 0) is 0 Å². The topological polar surface area (TPSA) is 20.3 Å². The second-order valence-electron chi connectivity index (χ2n) is 5.81. The summed E-state index contributed by atoms with van der Waals surface area (Å²) in [7, 11) is 0. The van der Waals surface area contributed by atoms with E-state index in [4.69, 9.17) is 11.6 Å². The van der Waals surface area contributed by atoms with Crippen molar-refractivity contribution in [3.63, 3.8) is 0 Å². The molecule has 0 saturated carbocycles. The molecule has 5 heteroatoms. The lowest BCUT2D eigenvalue weighted by Gasteiger charge is -2.18. The van der Waals surface area contributed by atoms with Gasteiger partial charge in [-0.05, 0) is 36.6 Å². The minimum atomic E-state index is -0.625. The molecular formula is C18H16ClF2NO. The number of likely N-dealkylation sites (tertiary alicyclic amines) is 1. The van der Waals surface area contributed by atoms with Crippen LogP contribution in [0.5, 0.6) is 0 Å². The highest BCUT2D eigenvalue weighted by molar-refractivity contribution is 6.34. The van der Waals surface area contributed by atoms with Gasteiger partial charge in [0.1, 0.15) is 11.6 Å². The van der Waals surface area contributed by atoms with Crippen molar-refractivity contribution >= 4 is 17.5 Å². The Morgan fingerprint density at radius 2 is 1.91 bits per heavy atom. The van der Waals surface area contributed by atoms with Gasteiger partial charge in [0.15, 0.2) is 0 Å². The average molecular weight is 336 g/mol. The van der Waals surface area contributed by atoms with E-state index in [1.807, 2.05) is 0 Å². The molecular weight excluding hydrogens is 320 g/mol. The molecule has 0 spiro atoms. The van der Waals surface area contributed by atoms with E-state index in [1.165, 1.54) is 12.1 Å². The molecule has 120 valence electrons. The van der Waals surface area contributed by atoms with Gasteiger partial charge in [0, 0.05) is 19.0 Å². The first kappa shape index (κ1) is 15.9. The summed E-state index contributed by atoms with van der Waals surface area (Å²) in [5, 5.41) is 0.143. The van der Waals surface area contributed by atoms with E-state index in [1.54, 1.807) is 36.1 Å². The number of benzene rings is 2. The molecule has 23 heavy (non-hydrogen) atoms. The quantitative estimate of drug-likeness (QED) is 0.788. The highest BCUT2D eigenvalue weighted by Crippen LogP contribution is 2.32. The van der Waals surface area contributed by atoms with Crippen LogP contribution in [0, 0.1) is 18.6 Å². The molecule has 1 heterocycles. The summed E-state index contributed by atoms with van der Waals surface area (Å²) in [5.41, 5.74) is 1.15. The van der Waals surface area contributed by atoms with Crippen LogP contribution in [0.4, 0.5) is 8.78 Å². The largest absolute Gasteiger partial charge is 0.338 e. The maximum absolute atomic E-state index is 14.0. The first-order chi connectivity index (χ1) is 11.0. The van der Waals surface area contributed by atoms with E-state index in [0.29, 0.717) is 30.6 Å². The summed E-state index contributed by atoms with van der Waals surface area (Å²) < 4.78 is 27.9. The molecule has 2 aromatic carbocycles. The zero-order valence-corrected chi connectivity index (χ0v) is 13.4. The van der Waals surface area contributed by atoms with Crippen molar-refractivity contribution in [2.75, 3.05) is 13.1 Å². The molecule has 0 aromatic heterocycles. The lowest BCUT2D eigenvalue weighted by atomic mass is 9.98. The monoisotopic (exact) mass is 335 g/mol. The van der Waals surface area contributed by atoms with E-state index in [0.717, 1.165) is 0 Å². The number of hydrogen-bond donors (Lipinski definition) is 0. The Morgan fingerprint density at radius 1 is 1.17 bits per heavy atom. The molecule has 0 bridgehead atoms. The van der Waals surface area contributed by atoms with Crippen molar-refractivity contribution in [3.8, 4) is 0 Å². The van der Waals surface area contributed by atoms with Crippen LogP contribution in [0.3, 0.4) is 0 Å². The van der Waals surface area contributed by atoms with Crippen LogP contribution in [0.1, 0.15) is 33.8 Å². The minimum absolute atomic E-state index is 0.0770. The molecule has 1 aliphatic heterocycles. The maximum atomic E-state index is 14.0. The molecule has 1 atom stereocenters. The Bertz CT molecular complexity index is 763. The maximum Gasteiger partial charge on any atom is 0.258 e. The molecule has 1 aliphatic rings. The van der Waals surface area contributed by atoms with E-state index in [-0.39, 0.29) is 22.3 Å². The number of carbonyl (C=O) groups excluding carboxylic acids is 1. The third kappa shape index (κ3) is 2.95. The molecule has 0 unspecified atom stereocenters. The van der Waals surface area contributed by atoms with Gasteiger partial charge in [0.05, 0.1) is 10.6 Å². The fourth-order valence-corrected chi connectivity index (χ4v) is 3.25. The smallest absolute Gasteiger partial charge is 0.258 e. The van der Waals surface area contributed by atoms with Gasteiger partial charge < -0.3 is 4.90 Å². The summed E-state index contributed by atoms with van der Waals surface area (Å²) in [4.78, 5) is 14.2. The van der Waals surface area contributed by atoms with Gasteiger partial charge in [-0.25, -0.2) is 8.78 Å². The molecule has 2 aromatic rings. The molecule has 0 radical (unpaired) electrons. The van der Waals surface area contributed by atoms with Crippen molar-refractivity contribution in [3.05, 3.63) is 69.7 Å². The Morgan fingerprint density at radius 3 is 2.65 bits per heavy atom. The molecule has 3 rings (SSSR count). The van der Waals surface area contributed by atoms with Crippen LogP contribution < -0.4 is 0 Å². The Labute approximate surface area is 138 Å². The van der Waals surface area contributed by atoms with Crippen molar-refractivity contribution in [2.45, 2.75) is 19.3 Å². The third-order valence-corrected chi connectivity index (χ3v) is 4.81. The highest BCUT2D eigenvalue weighted by atomic mass is 35.5. The second kappa shape index (κ2) is 6.28. The number of hydrogen-bond acceptors (Lipinski definition) is 1. The first-order valence-electron chi connectivity index (χ1n) is 7.47. The minimum Gasteiger partial charge on any atom is -0.338 e. The number of halogens is 3. The fourth-order valence-electron chi connectivity index (χ4n) is 3.02. The molecule has 0 N–H and O–H groups in total. The van der Waals surface area contributed by atoms with Gasteiger partial charge in [-0.3, -0.25) is 4.79 Å². The van der Waals surface area contributed by atoms with Crippen LogP contribution in [0.15, 0.2) is 36.4 Å². The van der Waals surface area contributed by atoms with Crippen molar-refractivity contribution < 1.29 is 13.6 Å². The van der Waals surface area contributed by atoms with Crippen LogP contribution >= 0.6 is 11.6 Å².